The van der Waals surface area contributed by atoms with Gasteiger partial charge in [0.15, 0.2) is 0 Å². The summed E-state index contributed by atoms with van der Waals surface area (Å²) in [7, 11) is 0. The van der Waals surface area contributed by atoms with E-state index in [9.17, 15) is 4.79 Å². The topological polar surface area (TPSA) is 22.0 Å². The van der Waals surface area contributed by atoms with Crippen molar-refractivity contribution >= 4 is 16.7 Å². The predicted octanol–water partition coefficient (Wildman–Crippen LogP) is 3.35. The Hall–Kier alpha value is -1.57. The normalized spacial score (nSPS) is 11.2. The molecule has 0 bridgehead atoms. The van der Waals surface area contributed by atoms with Gasteiger partial charge in [-0.1, -0.05) is 12.1 Å². The van der Waals surface area contributed by atoms with Crippen LogP contribution in [0.15, 0.2) is 30.5 Å². The smallest absolute Gasteiger partial charge is 0.134 e. The molecule has 1 aromatic carbocycles. The highest BCUT2D eigenvalue weighted by molar-refractivity contribution is 5.84. The van der Waals surface area contributed by atoms with Gasteiger partial charge < -0.3 is 4.57 Å². The van der Waals surface area contributed by atoms with E-state index < -0.39 is 0 Å². The molecular weight excluding hydrogens is 198 g/mol. The maximum atomic E-state index is 11.1. The van der Waals surface area contributed by atoms with Gasteiger partial charge in [-0.3, -0.25) is 4.79 Å². The highest BCUT2D eigenvalue weighted by Crippen LogP contribution is 2.21. The Kier molecular flexibility index (Phi) is 2.82. The lowest BCUT2D eigenvalue weighted by Gasteiger charge is -2.09. The van der Waals surface area contributed by atoms with Crippen LogP contribution in [0.25, 0.3) is 10.9 Å². The summed E-state index contributed by atoms with van der Waals surface area (Å²) in [6.45, 7) is 5.96. The van der Waals surface area contributed by atoms with Crippen molar-refractivity contribution < 1.29 is 4.79 Å². The van der Waals surface area contributed by atoms with Crippen LogP contribution < -0.4 is 0 Å². The standard InChI is InChI=1S/C14H17NO/c1-10(2)15-7-6-13-5-4-12(8-11(3)16)9-14(13)15/h4-7,9-10H,8H2,1-3H3. The summed E-state index contributed by atoms with van der Waals surface area (Å²) < 4.78 is 2.24. The largest absolute Gasteiger partial charge is 0.345 e. The molecule has 1 heterocycles. The highest BCUT2D eigenvalue weighted by atomic mass is 16.1. The van der Waals surface area contributed by atoms with E-state index in [2.05, 4.69) is 42.8 Å². The first kappa shape index (κ1) is 10.9. The molecule has 0 spiro atoms. The molecule has 0 amide bonds. The minimum atomic E-state index is 0.210. The number of benzene rings is 1. The summed E-state index contributed by atoms with van der Waals surface area (Å²) in [5.41, 5.74) is 2.31. The Morgan fingerprint density at radius 2 is 2.06 bits per heavy atom. The van der Waals surface area contributed by atoms with Crippen LogP contribution in [0.5, 0.6) is 0 Å². The van der Waals surface area contributed by atoms with Gasteiger partial charge in [0.05, 0.1) is 0 Å². The first-order valence-electron chi connectivity index (χ1n) is 5.67. The first-order chi connectivity index (χ1) is 7.58. The third-order valence-corrected chi connectivity index (χ3v) is 2.80. The minimum absolute atomic E-state index is 0.210. The molecule has 84 valence electrons. The molecule has 0 N–H and O–H groups in total. The molecule has 16 heavy (non-hydrogen) atoms. The second kappa shape index (κ2) is 4.12. The van der Waals surface area contributed by atoms with E-state index in [1.165, 1.54) is 10.9 Å². The monoisotopic (exact) mass is 215 g/mol. The zero-order valence-corrected chi connectivity index (χ0v) is 10.0. The molecule has 0 saturated carbocycles. The van der Waals surface area contributed by atoms with Crippen molar-refractivity contribution in [1.29, 1.82) is 0 Å². The Bertz CT molecular complexity index is 523. The second-order valence-electron chi connectivity index (χ2n) is 4.59. The van der Waals surface area contributed by atoms with E-state index in [1.54, 1.807) is 6.92 Å². The van der Waals surface area contributed by atoms with Crippen LogP contribution >= 0.6 is 0 Å². The Labute approximate surface area is 95.9 Å². The summed E-state index contributed by atoms with van der Waals surface area (Å²) >= 11 is 0. The molecule has 2 rings (SSSR count). The van der Waals surface area contributed by atoms with Crippen molar-refractivity contribution in [3.8, 4) is 0 Å². The van der Waals surface area contributed by atoms with Crippen LogP contribution in [0.4, 0.5) is 0 Å². The Morgan fingerprint density at radius 1 is 1.31 bits per heavy atom. The van der Waals surface area contributed by atoms with E-state index in [0.717, 1.165) is 5.56 Å². The Balaban J connectivity index is 2.50. The predicted molar refractivity (Wildman–Crippen MR) is 66.7 cm³/mol. The van der Waals surface area contributed by atoms with Gasteiger partial charge in [-0.15, -0.1) is 0 Å². The number of carbonyl (C=O) groups excluding carboxylic acids is 1. The zero-order chi connectivity index (χ0) is 11.7. The van der Waals surface area contributed by atoms with E-state index in [0.29, 0.717) is 12.5 Å². The minimum Gasteiger partial charge on any atom is -0.345 e. The number of rotatable bonds is 3. The number of Topliss-reactive ketones (excluding diaryl/α,β-unsaturated/α-hetero) is 1. The van der Waals surface area contributed by atoms with E-state index in [-0.39, 0.29) is 5.78 Å². The average Bonchev–Trinajstić information content (AvgIpc) is 2.59. The lowest BCUT2D eigenvalue weighted by molar-refractivity contribution is -0.116. The van der Waals surface area contributed by atoms with Gasteiger partial charge in [0.1, 0.15) is 5.78 Å². The molecule has 2 aromatic rings. The molecule has 0 atom stereocenters. The summed E-state index contributed by atoms with van der Waals surface area (Å²) in [4.78, 5) is 11.1. The molecule has 2 heteroatoms. The lowest BCUT2D eigenvalue weighted by atomic mass is 10.1. The SMILES string of the molecule is CC(=O)Cc1ccc2ccn(C(C)C)c2c1. The molecule has 1 aromatic heterocycles. The summed E-state index contributed by atoms with van der Waals surface area (Å²) in [6, 6.07) is 8.81. The van der Waals surface area contributed by atoms with Gasteiger partial charge in [-0.05, 0) is 43.9 Å². The van der Waals surface area contributed by atoms with Crippen LogP contribution in [0.1, 0.15) is 32.4 Å². The zero-order valence-electron chi connectivity index (χ0n) is 10.0. The molecule has 0 radical (unpaired) electrons. The fourth-order valence-corrected chi connectivity index (χ4v) is 2.04. The molecule has 0 aliphatic heterocycles. The van der Waals surface area contributed by atoms with Crippen molar-refractivity contribution in [2.75, 3.05) is 0 Å². The van der Waals surface area contributed by atoms with Gasteiger partial charge >= 0.3 is 0 Å². The first-order valence-corrected chi connectivity index (χ1v) is 5.67. The number of nitrogens with zero attached hydrogens (tertiary/aromatic N) is 1. The maximum Gasteiger partial charge on any atom is 0.134 e. The fourth-order valence-electron chi connectivity index (χ4n) is 2.04. The number of hydrogen-bond acceptors (Lipinski definition) is 1. The van der Waals surface area contributed by atoms with Gasteiger partial charge in [0, 0.05) is 24.2 Å². The van der Waals surface area contributed by atoms with Crippen molar-refractivity contribution in [3.05, 3.63) is 36.0 Å². The molecular formula is C14H17NO. The summed E-state index contributed by atoms with van der Waals surface area (Å²) in [6.07, 6.45) is 2.63. The quantitative estimate of drug-likeness (QED) is 0.769. The van der Waals surface area contributed by atoms with Crippen molar-refractivity contribution in [2.45, 2.75) is 33.2 Å². The molecule has 0 saturated heterocycles. The van der Waals surface area contributed by atoms with E-state index in [4.69, 9.17) is 0 Å². The van der Waals surface area contributed by atoms with Crippen LogP contribution in [-0.4, -0.2) is 10.4 Å². The fraction of sp³-hybridized carbons (Fsp3) is 0.357. The van der Waals surface area contributed by atoms with Crippen molar-refractivity contribution in [3.63, 3.8) is 0 Å². The highest BCUT2D eigenvalue weighted by Gasteiger charge is 2.05. The third kappa shape index (κ3) is 2.01. The van der Waals surface area contributed by atoms with Gasteiger partial charge in [0.25, 0.3) is 0 Å². The number of carbonyl (C=O) groups is 1. The van der Waals surface area contributed by atoms with Crippen molar-refractivity contribution in [2.24, 2.45) is 0 Å². The maximum absolute atomic E-state index is 11.1. The number of hydrogen-bond donors (Lipinski definition) is 0. The van der Waals surface area contributed by atoms with Crippen LogP contribution in [-0.2, 0) is 11.2 Å². The van der Waals surface area contributed by atoms with E-state index >= 15 is 0 Å². The average molecular weight is 215 g/mol. The number of ketones is 1. The third-order valence-electron chi connectivity index (χ3n) is 2.80. The molecule has 0 aliphatic carbocycles. The van der Waals surface area contributed by atoms with Crippen molar-refractivity contribution in [1.82, 2.24) is 4.57 Å². The summed E-state index contributed by atoms with van der Waals surface area (Å²) in [5, 5.41) is 1.24. The molecule has 0 unspecified atom stereocenters. The van der Waals surface area contributed by atoms with Gasteiger partial charge in [-0.25, -0.2) is 0 Å². The Morgan fingerprint density at radius 3 is 2.69 bits per heavy atom. The van der Waals surface area contributed by atoms with Crippen LogP contribution in [0.3, 0.4) is 0 Å². The summed E-state index contributed by atoms with van der Waals surface area (Å²) in [5.74, 6) is 0.210. The molecule has 0 fully saturated rings. The lowest BCUT2D eigenvalue weighted by Crippen LogP contribution is -2.00. The van der Waals surface area contributed by atoms with E-state index in [1.807, 2.05) is 6.07 Å². The molecule has 0 aliphatic rings. The number of fused-ring (bicyclic) bond motifs is 1. The molecule has 2 nitrogen and oxygen atoms in total. The van der Waals surface area contributed by atoms with Gasteiger partial charge in [-0.2, -0.15) is 0 Å². The van der Waals surface area contributed by atoms with Crippen LogP contribution in [0.2, 0.25) is 0 Å². The number of aromatic nitrogens is 1. The second-order valence-corrected chi connectivity index (χ2v) is 4.59. The van der Waals surface area contributed by atoms with Gasteiger partial charge in [0.2, 0.25) is 0 Å². The van der Waals surface area contributed by atoms with Crippen LogP contribution in [0, 0.1) is 0 Å².